The van der Waals surface area contributed by atoms with E-state index in [0.29, 0.717) is 4.43 Å². The van der Waals surface area contributed by atoms with Gasteiger partial charge in [-0.3, -0.25) is 0 Å². The Hall–Kier alpha value is -0.690. The molecule has 0 spiro atoms. The zero-order valence-corrected chi connectivity index (χ0v) is 10.6. The van der Waals surface area contributed by atoms with Crippen LogP contribution in [0.25, 0.3) is 0 Å². The van der Waals surface area contributed by atoms with Gasteiger partial charge in [0, 0.05) is 16.1 Å². The van der Waals surface area contributed by atoms with E-state index >= 15 is 0 Å². The van der Waals surface area contributed by atoms with E-state index in [9.17, 15) is 13.9 Å². The topological polar surface area (TPSA) is 29.5 Å². The van der Waals surface area contributed by atoms with Gasteiger partial charge in [-0.1, -0.05) is 22.6 Å². The summed E-state index contributed by atoms with van der Waals surface area (Å²) >= 11 is 2.07. The molecule has 1 atom stereocenters. The van der Waals surface area contributed by atoms with Crippen LogP contribution in [0.3, 0.4) is 0 Å². The Morgan fingerprint density at radius 3 is 2.81 bits per heavy atom. The number of aliphatic hydroxyl groups is 1. The monoisotopic (exact) mass is 338 g/mol. The summed E-state index contributed by atoms with van der Waals surface area (Å²) in [5.74, 6) is -1.38. The third-order valence-corrected chi connectivity index (χ3v) is 2.93. The predicted molar refractivity (Wildman–Crippen MR) is 63.5 cm³/mol. The zero-order valence-electron chi connectivity index (χ0n) is 8.43. The van der Waals surface area contributed by atoms with Gasteiger partial charge in [-0.05, 0) is 19.1 Å². The molecule has 0 fully saturated rings. The predicted octanol–water partition coefficient (Wildman–Crippen LogP) is 2.88. The van der Waals surface area contributed by atoms with Crippen molar-refractivity contribution in [3.05, 3.63) is 41.2 Å². The van der Waals surface area contributed by atoms with Crippen LogP contribution < -0.4 is 4.74 Å². The number of alkyl halides is 1. The number of rotatable bonds is 1. The van der Waals surface area contributed by atoms with Crippen molar-refractivity contribution in [2.75, 3.05) is 4.43 Å². The molecule has 1 aromatic rings. The van der Waals surface area contributed by atoms with Crippen molar-refractivity contribution >= 4 is 22.6 Å². The molecule has 0 radical (unpaired) electrons. The molecule has 1 aromatic carbocycles. The molecule has 1 aliphatic heterocycles. The van der Waals surface area contributed by atoms with Crippen LogP contribution in [-0.2, 0) is 5.60 Å². The minimum atomic E-state index is -1.47. The van der Waals surface area contributed by atoms with Crippen molar-refractivity contribution in [2.24, 2.45) is 0 Å². The van der Waals surface area contributed by atoms with E-state index in [4.69, 9.17) is 4.74 Å². The highest BCUT2D eigenvalue weighted by Gasteiger charge is 2.41. The van der Waals surface area contributed by atoms with Crippen molar-refractivity contribution in [1.82, 2.24) is 0 Å². The molecule has 1 aliphatic rings. The van der Waals surface area contributed by atoms with Crippen LogP contribution in [0.4, 0.5) is 8.78 Å². The van der Waals surface area contributed by atoms with E-state index < -0.39 is 17.2 Å². The maximum atomic E-state index is 13.4. The van der Waals surface area contributed by atoms with Crippen molar-refractivity contribution in [3.8, 4) is 5.75 Å². The molecule has 0 saturated heterocycles. The first-order chi connectivity index (χ1) is 7.46. The second-order valence-electron chi connectivity index (χ2n) is 3.66. The van der Waals surface area contributed by atoms with Crippen LogP contribution in [0, 0.1) is 11.6 Å². The van der Waals surface area contributed by atoms with E-state index in [0.717, 1.165) is 12.1 Å². The highest BCUT2D eigenvalue weighted by molar-refractivity contribution is 14.1. The van der Waals surface area contributed by atoms with Gasteiger partial charge in [0.15, 0.2) is 11.6 Å². The van der Waals surface area contributed by atoms with Crippen molar-refractivity contribution in [2.45, 2.75) is 12.5 Å². The van der Waals surface area contributed by atoms with Gasteiger partial charge >= 0.3 is 0 Å². The van der Waals surface area contributed by atoms with Gasteiger partial charge in [-0.15, -0.1) is 0 Å². The largest absolute Gasteiger partial charge is 0.455 e. The average molecular weight is 338 g/mol. The van der Waals surface area contributed by atoms with Gasteiger partial charge in [0.05, 0.1) is 0 Å². The lowest BCUT2D eigenvalue weighted by atomic mass is 9.95. The van der Waals surface area contributed by atoms with Crippen LogP contribution in [-0.4, -0.2) is 9.53 Å². The highest BCUT2D eigenvalue weighted by atomic mass is 127. The summed E-state index contributed by atoms with van der Waals surface area (Å²) < 4.78 is 32.3. The Bertz CT molecular complexity index is 469. The molecule has 86 valence electrons. The van der Waals surface area contributed by atoms with Crippen LogP contribution in [0.2, 0.25) is 0 Å². The van der Waals surface area contributed by atoms with Crippen LogP contribution in [0.5, 0.6) is 5.75 Å². The number of benzene rings is 1. The summed E-state index contributed by atoms with van der Waals surface area (Å²) in [6.45, 7) is 1.45. The summed E-state index contributed by atoms with van der Waals surface area (Å²) in [6.07, 6.45) is 1.64. The Morgan fingerprint density at radius 2 is 2.19 bits per heavy atom. The molecule has 2 rings (SSSR count). The van der Waals surface area contributed by atoms with Crippen molar-refractivity contribution < 1.29 is 18.6 Å². The molecule has 1 N–H and O–H groups in total. The fourth-order valence-corrected chi connectivity index (χ4v) is 2.08. The Morgan fingerprint density at radius 1 is 1.50 bits per heavy atom. The first-order valence-electron chi connectivity index (χ1n) is 4.63. The molecular formula is C11H9F2IO2. The molecule has 0 amide bonds. The Kier molecular flexibility index (Phi) is 2.91. The molecule has 1 heterocycles. The summed E-state index contributed by atoms with van der Waals surface area (Å²) in [4.78, 5) is 0. The molecule has 0 aromatic heterocycles. The lowest BCUT2D eigenvalue weighted by Gasteiger charge is -2.16. The minimum absolute atomic E-state index is 0.0949. The van der Waals surface area contributed by atoms with Gasteiger partial charge in [0.2, 0.25) is 0 Å². The van der Waals surface area contributed by atoms with Gasteiger partial charge in [-0.2, -0.15) is 0 Å². The molecule has 2 nitrogen and oxygen atoms in total. The zero-order chi connectivity index (χ0) is 11.9. The number of ether oxygens (including phenoxy) is 1. The van der Waals surface area contributed by atoms with E-state index in [1.165, 1.54) is 6.92 Å². The molecule has 5 heteroatoms. The second-order valence-corrected chi connectivity index (χ2v) is 4.54. The maximum absolute atomic E-state index is 13.4. The van der Waals surface area contributed by atoms with Gasteiger partial charge in [0.1, 0.15) is 17.2 Å². The van der Waals surface area contributed by atoms with E-state index in [1.807, 2.05) is 0 Å². The van der Waals surface area contributed by atoms with Crippen LogP contribution in [0.1, 0.15) is 12.5 Å². The minimum Gasteiger partial charge on any atom is -0.455 e. The summed E-state index contributed by atoms with van der Waals surface area (Å²) in [6, 6.07) is 1.83. The van der Waals surface area contributed by atoms with E-state index in [1.54, 1.807) is 6.08 Å². The fraction of sp³-hybridized carbons (Fsp3) is 0.273. The number of halogens is 3. The van der Waals surface area contributed by atoms with Crippen LogP contribution in [0.15, 0.2) is 24.0 Å². The molecule has 0 saturated carbocycles. The molecular weight excluding hydrogens is 329 g/mol. The van der Waals surface area contributed by atoms with Gasteiger partial charge in [-0.25, -0.2) is 8.78 Å². The summed E-state index contributed by atoms with van der Waals surface area (Å²) in [5.41, 5.74) is -1.34. The quantitative estimate of drug-likeness (QED) is 0.630. The summed E-state index contributed by atoms with van der Waals surface area (Å²) in [5, 5.41) is 10.2. The Balaban J connectivity index is 2.61. The van der Waals surface area contributed by atoms with Crippen molar-refractivity contribution in [3.63, 3.8) is 0 Å². The number of allylic oxidation sites excluding steroid dienone is 1. The van der Waals surface area contributed by atoms with Crippen LogP contribution >= 0.6 is 22.6 Å². The smallest absolute Gasteiger partial charge is 0.169 e. The Labute approximate surface area is 105 Å². The van der Waals surface area contributed by atoms with E-state index in [-0.39, 0.29) is 17.1 Å². The lowest BCUT2D eigenvalue weighted by molar-refractivity contribution is 0.0794. The average Bonchev–Trinajstić information content (AvgIpc) is 2.42. The molecule has 16 heavy (non-hydrogen) atoms. The standard InChI is InChI=1S/C11H9F2IO2/c1-11(15)7-4-6(12)5-8(13)10(7)16-9(11)2-3-14/h2,4-5,15H,3H2,1H3/b9-2-. The van der Waals surface area contributed by atoms with Gasteiger partial charge in [0.25, 0.3) is 0 Å². The normalized spacial score (nSPS) is 25.7. The fourth-order valence-electron chi connectivity index (χ4n) is 1.68. The number of fused-ring (bicyclic) bond motifs is 1. The SMILES string of the molecule is CC1(O)/C(=C/CI)Oc2c(F)cc(F)cc21. The number of hydrogen-bond acceptors (Lipinski definition) is 2. The first-order valence-corrected chi connectivity index (χ1v) is 6.15. The molecule has 0 aliphatic carbocycles. The lowest BCUT2D eigenvalue weighted by Crippen LogP contribution is -2.21. The number of hydrogen-bond donors (Lipinski definition) is 1. The second kappa shape index (κ2) is 3.96. The molecule has 0 bridgehead atoms. The third-order valence-electron chi connectivity index (χ3n) is 2.49. The van der Waals surface area contributed by atoms with E-state index in [2.05, 4.69) is 22.6 Å². The maximum Gasteiger partial charge on any atom is 0.169 e. The molecule has 1 unspecified atom stereocenters. The summed E-state index contributed by atoms with van der Waals surface area (Å²) in [7, 11) is 0. The van der Waals surface area contributed by atoms with Gasteiger partial charge < -0.3 is 9.84 Å². The van der Waals surface area contributed by atoms with Crippen molar-refractivity contribution in [1.29, 1.82) is 0 Å². The highest BCUT2D eigenvalue weighted by Crippen LogP contribution is 2.45. The third kappa shape index (κ3) is 1.71. The first kappa shape index (κ1) is 11.8.